The van der Waals surface area contributed by atoms with E-state index in [1.54, 1.807) is 36.7 Å². The van der Waals surface area contributed by atoms with Crippen molar-refractivity contribution in [3.63, 3.8) is 0 Å². The summed E-state index contributed by atoms with van der Waals surface area (Å²) in [7, 11) is 0. The van der Waals surface area contributed by atoms with Crippen LogP contribution in [0, 0.1) is 0 Å². The Morgan fingerprint density at radius 3 is 2.67 bits per heavy atom. The zero-order valence-corrected chi connectivity index (χ0v) is 14.6. The molecule has 2 rings (SSSR count). The maximum absolute atomic E-state index is 12.1. The minimum atomic E-state index is -0.579. The summed E-state index contributed by atoms with van der Waals surface area (Å²) in [5.41, 5.74) is 3.10. The molecule has 2 N–H and O–H groups in total. The summed E-state index contributed by atoms with van der Waals surface area (Å²) in [5.74, 6) is 0.182. The van der Waals surface area contributed by atoms with Crippen LogP contribution in [0.3, 0.4) is 0 Å². The molecule has 0 radical (unpaired) electrons. The number of carbonyl (C=O) groups is 2. The number of nitrogens with one attached hydrogen (secondary N) is 2. The number of aromatic nitrogens is 1. The third-order valence-electron chi connectivity index (χ3n) is 3.28. The van der Waals surface area contributed by atoms with Crippen LogP contribution in [0.2, 0.25) is 0 Å². The second kappa shape index (κ2) is 9.02. The van der Waals surface area contributed by atoms with Gasteiger partial charge in [-0.2, -0.15) is 0 Å². The zero-order chi connectivity index (χ0) is 17.4. The first-order valence-electron chi connectivity index (χ1n) is 7.78. The molecule has 1 aromatic carbocycles. The minimum absolute atomic E-state index is 0.187. The van der Waals surface area contributed by atoms with Gasteiger partial charge in [-0.25, -0.2) is 4.98 Å². The summed E-state index contributed by atoms with van der Waals surface area (Å²) in [6.45, 7) is 4.63. The molecule has 7 heteroatoms. The Kier molecular flexibility index (Phi) is 6.74. The summed E-state index contributed by atoms with van der Waals surface area (Å²) in [6, 6.07) is 6.21. The number of thiazole rings is 1. The molecule has 0 bridgehead atoms. The maximum atomic E-state index is 12.1. The highest BCUT2D eigenvalue weighted by molar-refractivity contribution is 7.07. The van der Waals surface area contributed by atoms with Crippen LogP contribution in [0.4, 0.5) is 0 Å². The van der Waals surface area contributed by atoms with Crippen molar-refractivity contribution < 1.29 is 14.3 Å². The Balaban J connectivity index is 1.85. The molecule has 0 saturated heterocycles. The molecular weight excluding hydrogens is 326 g/mol. The normalized spacial score (nSPS) is 11.6. The minimum Gasteiger partial charge on any atom is -0.487 e. The number of carbonyl (C=O) groups excluding carboxylic acids is 2. The Bertz CT molecular complexity index is 656. The van der Waals surface area contributed by atoms with Crippen LogP contribution in [0.5, 0.6) is 5.75 Å². The van der Waals surface area contributed by atoms with Crippen LogP contribution in [0.15, 0.2) is 35.2 Å². The van der Waals surface area contributed by atoms with Gasteiger partial charge in [-0.15, -0.1) is 11.3 Å². The van der Waals surface area contributed by atoms with Crippen molar-refractivity contribution in [1.29, 1.82) is 0 Å². The van der Waals surface area contributed by atoms with E-state index in [2.05, 4.69) is 15.6 Å². The van der Waals surface area contributed by atoms with Crippen LogP contribution in [0.1, 0.15) is 36.3 Å². The van der Waals surface area contributed by atoms with Gasteiger partial charge in [0.25, 0.3) is 5.91 Å². The topological polar surface area (TPSA) is 80.3 Å². The van der Waals surface area contributed by atoms with E-state index in [0.717, 1.165) is 12.1 Å². The molecule has 0 aliphatic rings. The first kappa shape index (κ1) is 17.9. The summed E-state index contributed by atoms with van der Waals surface area (Å²) in [5, 5.41) is 7.35. The molecule has 2 amide bonds. The van der Waals surface area contributed by atoms with Gasteiger partial charge >= 0.3 is 0 Å². The van der Waals surface area contributed by atoms with Crippen molar-refractivity contribution in [2.24, 2.45) is 0 Å². The van der Waals surface area contributed by atoms with Crippen LogP contribution >= 0.6 is 11.3 Å². The van der Waals surface area contributed by atoms with Gasteiger partial charge in [-0.05, 0) is 37.6 Å². The molecule has 0 fully saturated rings. The Morgan fingerprint density at radius 1 is 1.29 bits per heavy atom. The van der Waals surface area contributed by atoms with Gasteiger partial charge in [0.2, 0.25) is 5.91 Å². The molecule has 24 heavy (non-hydrogen) atoms. The van der Waals surface area contributed by atoms with E-state index in [1.807, 2.05) is 12.3 Å². The fourth-order valence-electron chi connectivity index (χ4n) is 1.92. The smallest absolute Gasteiger partial charge is 0.251 e. The summed E-state index contributed by atoms with van der Waals surface area (Å²) >= 11 is 1.52. The van der Waals surface area contributed by atoms with Gasteiger partial charge in [0, 0.05) is 17.5 Å². The van der Waals surface area contributed by atoms with E-state index in [1.165, 1.54) is 11.3 Å². The van der Waals surface area contributed by atoms with Crippen LogP contribution in [0.25, 0.3) is 0 Å². The van der Waals surface area contributed by atoms with E-state index in [4.69, 9.17) is 4.74 Å². The third-order valence-corrected chi connectivity index (χ3v) is 3.91. The van der Waals surface area contributed by atoms with E-state index in [-0.39, 0.29) is 11.8 Å². The van der Waals surface area contributed by atoms with Crippen molar-refractivity contribution in [2.75, 3.05) is 6.54 Å². The lowest BCUT2D eigenvalue weighted by Crippen LogP contribution is -2.44. The Labute approximate surface area is 145 Å². The predicted octanol–water partition coefficient (Wildman–Crippen LogP) is 2.37. The largest absolute Gasteiger partial charge is 0.487 e. The van der Waals surface area contributed by atoms with Crippen molar-refractivity contribution in [1.82, 2.24) is 15.6 Å². The number of nitrogens with zero attached hydrogens (tertiary/aromatic N) is 1. The monoisotopic (exact) mass is 347 g/mol. The van der Waals surface area contributed by atoms with Crippen molar-refractivity contribution >= 4 is 23.2 Å². The van der Waals surface area contributed by atoms with Crippen LogP contribution < -0.4 is 15.4 Å². The highest BCUT2D eigenvalue weighted by atomic mass is 32.1. The van der Waals surface area contributed by atoms with Crippen LogP contribution in [-0.2, 0) is 11.4 Å². The standard InChI is InChI=1S/C17H21N3O3S/c1-3-8-18-16(21)12(2)20-17(22)13-4-6-15(7-5-13)23-9-14-10-24-11-19-14/h4-7,10-12H,3,8-9H2,1-2H3,(H,18,21)(H,20,22)/t12-/m1/s1. The predicted molar refractivity (Wildman–Crippen MR) is 93.1 cm³/mol. The molecule has 1 atom stereocenters. The summed E-state index contributed by atoms with van der Waals surface area (Å²) < 4.78 is 5.60. The number of rotatable bonds is 8. The van der Waals surface area contributed by atoms with E-state index < -0.39 is 6.04 Å². The van der Waals surface area contributed by atoms with E-state index in [0.29, 0.717) is 24.5 Å². The maximum Gasteiger partial charge on any atom is 0.251 e. The molecule has 0 spiro atoms. The van der Waals surface area contributed by atoms with Gasteiger partial charge in [0.15, 0.2) is 0 Å². The first-order chi connectivity index (χ1) is 11.6. The zero-order valence-electron chi connectivity index (χ0n) is 13.7. The molecule has 6 nitrogen and oxygen atoms in total. The summed E-state index contributed by atoms with van der Waals surface area (Å²) in [4.78, 5) is 28.1. The van der Waals surface area contributed by atoms with Crippen molar-refractivity contribution in [3.8, 4) is 5.75 Å². The quantitative estimate of drug-likeness (QED) is 0.768. The third kappa shape index (κ3) is 5.34. The number of hydrogen-bond acceptors (Lipinski definition) is 5. The number of ether oxygens (including phenoxy) is 1. The lowest BCUT2D eigenvalue weighted by Gasteiger charge is -2.14. The molecule has 0 saturated carbocycles. The first-order valence-corrected chi connectivity index (χ1v) is 8.73. The van der Waals surface area contributed by atoms with Crippen molar-refractivity contribution in [2.45, 2.75) is 32.9 Å². The molecular formula is C17H21N3O3S. The number of hydrogen-bond donors (Lipinski definition) is 2. The van der Waals surface area contributed by atoms with Gasteiger partial charge in [-0.3, -0.25) is 9.59 Å². The molecule has 0 aliphatic carbocycles. The average molecular weight is 347 g/mol. The lowest BCUT2D eigenvalue weighted by atomic mass is 10.2. The fourth-order valence-corrected chi connectivity index (χ4v) is 2.46. The highest BCUT2D eigenvalue weighted by Gasteiger charge is 2.16. The van der Waals surface area contributed by atoms with Gasteiger partial charge in [0.1, 0.15) is 18.4 Å². The molecule has 0 unspecified atom stereocenters. The van der Waals surface area contributed by atoms with E-state index >= 15 is 0 Å². The van der Waals surface area contributed by atoms with E-state index in [9.17, 15) is 9.59 Å². The number of benzene rings is 1. The highest BCUT2D eigenvalue weighted by Crippen LogP contribution is 2.14. The average Bonchev–Trinajstić information content (AvgIpc) is 3.11. The van der Waals surface area contributed by atoms with Gasteiger partial charge in [0.05, 0.1) is 11.2 Å². The fraction of sp³-hybridized carbons (Fsp3) is 0.353. The lowest BCUT2D eigenvalue weighted by molar-refractivity contribution is -0.122. The van der Waals surface area contributed by atoms with Gasteiger partial charge in [-0.1, -0.05) is 6.92 Å². The van der Waals surface area contributed by atoms with Crippen molar-refractivity contribution in [3.05, 3.63) is 46.4 Å². The van der Waals surface area contributed by atoms with Gasteiger partial charge < -0.3 is 15.4 Å². The SMILES string of the molecule is CCCNC(=O)[C@@H](C)NC(=O)c1ccc(OCc2cscn2)cc1. The molecule has 0 aliphatic heterocycles. The molecule has 2 aromatic rings. The Hall–Kier alpha value is -2.41. The number of amides is 2. The van der Waals surface area contributed by atoms with Crippen LogP contribution in [-0.4, -0.2) is 29.4 Å². The second-order valence-corrected chi connectivity index (χ2v) is 6.00. The summed E-state index contributed by atoms with van der Waals surface area (Å²) in [6.07, 6.45) is 0.856. The molecule has 128 valence electrons. The molecule has 1 aromatic heterocycles. The molecule has 1 heterocycles. The second-order valence-electron chi connectivity index (χ2n) is 5.28. The Morgan fingerprint density at radius 2 is 2.04 bits per heavy atom.